The van der Waals surface area contributed by atoms with Crippen LogP contribution in [0.5, 0.6) is 5.75 Å². The van der Waals surface area contributed by atoms with E-state index in [1.807, 2.05) is 18.2 Å². The number of benzene rings is 2. The van der Waals surface area contributed by atoms with Gasteiger partial charge in [0.1, 0.15) is 12.0 Å². The molecule has 1 aromatic heterocycles. The first-order valence-corrected chi connectivity index (χ1v) is 10.7. The molecule has 2 aliphatic heterocycles. The highest BCUT2D eigenvalue weighted by Gasteiger charge is 2.49. The monoisotopic (exact) mass is 444 g/mol. The maximum atomic E-state index is 12.9. The molecule has 0 unspecified atom stereocenters. The molecule has 0 bridgehead atoms. The number of ether oxygens (including phenoxy) is 2. The standard InChI is InChI=1S/C24H23F3N2O3/c25-24(26,27)32-18-7-8-19(22-29-11-12-30-22)20(13-18)17-14-23(31-15-17)9-4-10-28-21(23)16-5-2-1-3-6-16/h1-3,5-8,11-13,17,21,28H,4,9-10,14-15H2/t17-,21+,23-/m1/s1. The summed E-state index contributed by atoms with van der Waals surface area (Å²) in [6, 6.07) is 14.5. The molecule has 0 amide bonds. The molecule has 5 rings (SSSR count). The zero-order chi connectivity index (χ0) is 22.2. The second-order valence-electron chi connectivity index (χ2n) is 8.31. The van der Waals surface area contributed by atoms with Gasteiger partial charge in [0.15, 0.2) is 0 Å². The lowest BCUT2D eigenvalue weighted by atomic mass is 9.76. The van der Waals surface area contributed by atoms with E-state index < -0.39 is 12.0 Å². The SMILES string of the molecule is FC(F)(F)Oc1ccc(-c2ncco2)c([C@H]2CO[C@]3(CCCN[C@H]3c3ccccc3)C2)c1. The molecule has 2 aromatic carbocycles. The Morgan fingerprint density at radius 2 is 1.97 bits per heavy atom. The fraction of sp³-hybridized carbons (Fsp3) is 0.375. The van der Waals surface area contributed by atoms with Crippen LogP contribution in [0.3, 0.4) is 0 Å². The molecule has 3 atom stereocenters. The topological polar surface area (TPSA) is 56.5 Å². The van der Waals surface area contributed by atoms with Crippen molar-refractivity contribution in [3.8, 4) is 17.2 Å². The van der Waals surface area contributed by atoms with E-state index in [1.165, 1.54) is 24.6 Å². The Morgan fingerprint density at radius 1 is 1.12 bits per heavy atom. The minimum absolute atomic E-state index is 0.0160. The molecule has 32 heavy (non-hydrogen) atoms. The summed E-state index contributed by atoms with van der Waals surface area (Å²) < 4.78 is 54.7. The van der Waals surface area contributed by atoms with Gasteiger partial charge in [-0.25, -0.2) is 4.98 Å². The van der Waals surface area contributed by atoms with Crippen molar-refractivity contribution in [3.05, 3.63) is 72.1 Å². The van der Waals surface area contributed by atoms with E-state index in [0.717, 1.165) is 24.9 Å². The molecular weight excluding hydrogens is 421 g/mol. The van der Waals surface area contributed by atoms with Gasteiger partial charge in [0, 0.05) is 11.5 Å². The first-order valence-electron chi connectivity index (χ1n) is 10.7. The minimum Gasteiger partial charge on any atom is -0.445 e. The first-order chi connectivity index (χ1) is 15.4. The summed E-state index contributed by atoms with van der Waals surface area (Å²) in [6.45, 7) is 1.29. The van der Waals surface area contributed by atoms with Crippen LogP contribution >= 0.6 is 0 Å². The molecule has 0 saturated carbocycles. The van der Waals surface area contributed by atoms with Crippen molar-refractivity contribution < 1.29 is 27.1 Å². The third-order valence-corrected chi connectivity index (χ3v) is 6.31. The van der Waals surface area contributed by atoms with Gasteiger partial charge in [-0.2, -0.15) is 0 Å². The highest BCUT2D eigenvalue weighted by Crippen LogP contribution is 2.50. The number of hydrogen-bond acceptors (Lipinski definition) is 5. The molecule has 0 aliphatic carbocycles. The largest absolute Gasteiger partial charge is 0.573 e. The number of hydrogen-bond donors (Lipinski definition) is 1. The lowest BCUT2D eigenvalue weighted by molar-refractivity contribution is -0.274. The van der Waals surface area contributed by atoms with Crippen molar-refractivity contribution in [2.45, 2.75) is 43.2 Å². The van der Waals surface area contributed by atoms with Gasteiger partial charge >= 0.3 is 6.36 Å². The number of rotatable bonds is 4. The van der Waals surface area contributed by atoms with E-state index in [-0.39, 0.29) is 17.7 Å². The lowest BCUT2D eigenvalue weighted by Gasteiger charge is -2.41. The highest BCUT2D eigenvalue weighted by molar-refractivity contribution is 5.62. The summed E-state index contributed by atoms with van der Waals surface area (Å²) in [5.74, 6) is -0.0224. The number of nitrogens with one attached hydrogen (secondary N) is 1. The van der Waals surface area contributed by atoms with Crippen LogP contribution in [0, 0.1) is 0 Å². The number of aromatic nitrogens is 1. The van der Waals surface area contributed by atoms with Gasteiger partial charge in [-0.3, -0.25) is 0 Å². The van der Waals surface area contributed by atoms with Gasteiger partial charge in [0.25, 0.3) is 0 Å². The summed E-state index contributed by atoms with van der Waals surface area (Å²) >= 11 is 0. The predicted octanol–water partition coefficient (Wildman–Crippen LogP) is 5.61. The van der Waals surface area contributed by atoms with Gasteiger partial charge in [-0.1, -0.05) is 30.3 Å². The van der Waals surface area contributed by atoms with Crippen molar-refractivity contribution in [2.75, 3.05) is 13.2 Å². The Kier molecular flexibility index (Phi) is 5.43. The lowest BCUT2D eigenvalue weighted by Crippen LogP contribution is -2.48. The molecule has 2 aliphatic rings. The van der Waals surface area contributed by atoms with E-state index in [9.17, 15) is 13.2 Å². The molecule has 2 fully saturated rings. The summed E-state index contributed by atoms with van der Waals surface area (Å²) in [5, 5.41) is 3.60. The summed E-state index contributed by atoms with van der Waals surface area (Å²) in [5.41, 5.74) is 2.05. The maximum absolute atomic E-state index is 12.9. The fourth-order valence-electron chi connectivity index (χ4n) is 5.04. The molecule has 5 nitrogen and oxygen atoms in total. The van der Waals surface area contributed by atoms with Crippen LogP contribution in [0.15, 0.2) is 65.4 Å². The molecule has 168 valence electrons. The zero-order valence-corrected chi connectivity index (χ0v) is 17.3. The first kappa shape index (κ1) is 21.0. The molecule has 3 aromatic rings. The molecule has 1 spiro atoms. The van der Waals surface area contributed by atoms with E-state index in [1.54, 1.807) is 6.07 Å². The van der Waals surface area contributed by atoms with E-state index in [4.69, 9.17) is 9.15 Å². The minimum atomic E-state index is -4.76. The Hall–Kier alpha value is -2.84. The summed E-state index contributed by atoms with van der Waals surface area (Å²) in [6.07, 6.45) is 0.720. The van der Waals surface area contributed by atoms with E-state index in [2.05, 4.69) is 27.2 Å². The fourth-order valence-corrected chi connectivity index (χ4v) is 5.04. The second-order valence-corrected chi connectivity index (χ2v) is 8.31. The van der Waals surface area contributed by atoms with Crippen LogP contribution in [0.25, 0.3) is 11.5 Å². The van der Waals surface area contributed by atoms with Crippen LogP contribution in [0.4, 0.5) is 13.2 Å². The molecule has 1 N–H and O–H groups in total. The van der Waals surface area contributed by atoms with Gasteiger partial charge in [0.05, 0.1) is 24.4 Å². The molecule has 2 saturated heterocycles. The van der Waals surface area contributed by atoms with E-state index in [0.29, 0.717) is 30.0 Å². The average molecular weight is 444 g/mol. The molecular formula is C24H23F3N2O3. The molecule has 3 heterocycles. The predicted molar refractivity (Wildman–Crippen MR) is 111 cm³/mol. The Balaban J connectivity index is 1.50. The zero-order valence-electron chi connectivity index (χ0n) is 17.3. The van der Waals surface area contributed by atoms with Gasteiger partial charge in [-0.05, 0) is 55.1 Å². The molecule has 0 radical (unpaired) electrons. The van der Waals surface area contributed by atoms with Crippen LogP contribution in [0.1, 0.15) is 42.3 Å². The smallest absolute Gasteiger partial charge is 0.445 e. The normalized spacial score (nSPS) is 25.8. The number of halogens is 3. The van der Waals surface area contributed by atoms with E-state index >= 15 is 0 Å². The summed E-state index contributed by atoms with van der Waals surface area (Å²) in [7, 11) is 0. The van der Waals surface area contributed by atoms with Crippen molar-refractivity contribution in [1.82, 2.24) is 10.3 Å². The quantitative estimate of drug-likeness (QED) is 0.567. The van der Waals surface area contributed by atoms with Crippen molar-refractivity contribution >= 4 is 0 Å². The highest BCUT2D eigenvalue weighted by atomic mass is 19.4. The van der Waals surface area contributed by atoms with Crippen LogP contribution < -0.4 is 10.1 Å². The van der Waals surface area contributed by atoms with Gasteiger partial charge in [0.2, 0.25) is 5.89 Å². The third-order valence-electron chi connectivity index (χ3n) is 6.31. The number of oxazole rings is 1. The van der Waals surface area contributed by atoms with Crippen LogP contribution in [-0.2, 0) is 4.74 Å². The Labute approximate surface area is 183 Å². The second kappa shape index (κ2) is 8.26. The average Bonchev–Trinajstić information content (AvgIpc) is 3.45. The van der Waals surface area contributed by atoms with Crippen molar-refractivity contribution in [2.24, 2.45) is 0 Å². The Morgan fingerprint density at radius 3 is 2.72 bits per heavy atom. The number of alkyl halides is 3. The van der Waals surface area contributed by atoms with Gasteiger partial charge in [-0.15, -0.1) is 13.2 Å². The van der Waals surface area contributed by atoms with Crippen LogP contribution in [-0.4, -0.2) is 30.1 Å². The maximum Gasteiger partial charge on any atom is 0.573 e. The number of piperidine rings is 1. The van der Waals surface area contributed by atoms with Gasteiger partial charge < -0.3 is 19.2 Å². The van der Waals surface area contributed by atoms with Crippen molar-refractivity contribution in [3.63, 3.8) is 0 Å². The number of nitrogens with zero attached hydrogens (tertiary/aromatic N) is 1. The van der Waals surface area contributed by atoms with Crippen molar-refractivity contribution in [1.29, 1.82) is 0 Å². The Bertz CT molecular complexity index is 1060. The summed E-state index contributed by atoms with van der Waals surface area (Å²) in [4.78, 5) is 4.21. The molecule has 8 heteroatoms. The van der Waals surface area contributed by atoms with Crippen LogP contribution in [0.2, 0.25) is 0 Å². The third kappa shape index (κ3) is 4.12.